The van der Waals surface area contributed by atoms with Crippen molar-refractivity contribution in [2.24, 2.45) is 23.7 Å². The first-order valence-electron chi connectivity index (χ1n) is 10.2. The van der Waals surface area contributed by atoms with Crippen LogP contribution in [0.3, 0.4) is 0 Å². The third kappa shape index (κ3) is 3.31. The van der Waals surface area contributed by atoms with Gasteiger partial charge in [0.15, 0.2) is 5.13 Å². The number of fused-ring (bicyclic) bond motifs is 1. The highest BCUT2D eigenvalue weighted by Crippen LogP contribution is 2.49. The van der Waals surface area contributed by atoms with Crippen LogP contribution < -0.4 is 10.6 Å². The quantitative estimate of drug-likeness (QED) is 0.572. The predicted octanol–water partition coefficient (Wildman–Crippen LogP) is 3.13. The molecule has 4 aliphatic rings. The van der Waals surface area contributed by atoms with Crippen LogP contribution >= 0.6 is 11.3 Å². The Bertz CT molecular complexity index is 986. The first-order chi connectivity index (χ1) is 14.6. The van der Waals surface area contributed by atoms with Gasteiger partial charge in [-0.2, -0.15) is 0 Å². The molecule has 154 valence electrons. The first kappa shape index (κ1) is 19.0. The summed E-state index contributed by atoms with van der Waals surface area (Å²) in [6, 6.07) is 9.33. The predicted molar refractivity (Wildman–Crippen MR) is 114 cm³/mol. The molecule has 1 aromatic carbocycles. The molecular formula is C22H22N4O3S. The average Bonchev–Trinajstić information content (AvgIpc) is 3.34. The van der Waals surface area contributed by atoms with E-state index < -0.39 is 6.03 Å². The summed E-state index contributed by atoms with van der Waals surface area (Å²) in [5.41, 5.74) is 1.79. The Morgan fingerprint density at radius 2 is 1.73 bits per heavy atom. The van der Waals surface area contributed by atoms with Gasteiger partial charge in [-0.05, 0) is 24.7 Å². The Morgan fingerprint density at radius 3 is 2.37 bits per heavy atom. The number of hydrogen-bond acceptors (Lipinski definition) is 5. The van der Waals surface area contributed by atoms with Gasteiger partial charge in [-0.15, -0.1) is 11.3 Å². The summed E-state index contributed by atoms with van der Waals surface area (Å²) in [6.07, 6.45) is 6.17. The van der Waals surface area contributed by atoms with E-state index in [2.05, 4.69) is 27.8 Å². The van der Waals surface area contributed by atoms with Crippen LogP contribution in [0.1, 0.15) is 12.8 Å². The van der Waals surface area contributed by atoms with Crippen molar-refractivity contribution in [3.8, 4) is 11.3 Å². The van der Waals surface area contributed by atoms with Gasteiger partial charge >= 0.3 is 6.03 Å². The summed E-state index contributed by atoms with van der Waals surface area (Å²) < 4.78 is 0. The standard InChI is InChI=1S/C22H22N4O3S/c27-19-17-14-6-7-15(9-8-14)18(17)20(28)26(19)11-10-23-21(29)25-22-24-16(12-30-22)13-4-2-1-3-5-13/h1-7,12,14-15,17-18H,8-11H2,(H2,23,24,25,29). The molecule has 7 nitrogen and oxygen atoms in total. The highest BCUT2D eigenvalue weighted by molar-refractivity contribution is 7.14. The zero-order chi connectivity index (χ0) is 20.7. The maximum atomic E-state index is 12.8. The molecule has 3 aliphatic carbocycles. The minimum Gasteiger partial charge on any atom is -0.336 e. The van der Waals surface area contributed by atoms with E-state index in [4.69, 9.17) is 0 Å². The second-order valence-corrected chi connectivity index (χ2v) is 8.81. The summed E-state index contributed by atoms with van der Waals surface area (Å²) in [5, 5.41) is 7.81. The number of aromatic nitrogens is 1. The summed E-state index contributed by atoms with van der Waals surface area (Å²) in [4.78, 5) is 43.5. The molecule has 2 heterocycles. The highest BCUT2D eigenvalue weighted by atomic mass is 32.1. The summed E-state index contributed by atoms with van der Waals surface area (Å²) in [5.74, 6) is -0.219. The first-order valence-corrected chi connectivity index (χ1v) is 11.1. The Morgan fingerprint density at radius 1 is 1.07 bits per heavy atom. The molecule has 1 aliphatic heterocycles. The minimum absolute atomic E-state index is 0.0846. The Labute approximate surface area is 178 Å². The van der Waals surface area contributed by atoms with Crippen molar-refractivity contribution in [1.82, 2.24) is 15.2 Å². The fraction of sp³-hybridized carbons (Fsp3) is 0.364. The zero-order valence-corrected chi connectivity index (χ0v) is 17.1. The normalized spacial score (nSPS) is 26.7. The number of anilines is 1. The lowest BCUT2D eigenvalue weighted by Gasteiger charge is -2.38. The second kappa shape index (κ2) is 7.68. The molecule has 0 spiro atoms. The van der Waals surface area contributed by atoms with E-state index in [9.17, 15) is 14.4 Å². The third-order valence-electron chi connectivity index (χ3n) is 6.27. The molecule has 1 aromatic heterocycles. The number of rotatable bonds is 5. The van der Waals surface area contributed by atoms with E-state index in [1.165, 1.54) is 16.2 Å². The molecular weight excluding hydrogens is 400 g/mol. The molecule has 2 N–H and O–H groups in total. The van der Waals surface area contributed by atoms with Gasteiger partial charge in [0.05, 0.1) is 17.5 Å². The zero-order valence-electron chi connectivity index (χ0n) is 16.3. The Balaban J connectivity index is 1.14. The topological polar surface area (TPSA) is 91.4 Å². The highest BCUT2D eigenvalue weighted by Gasteiger charge is 2.56. The number of nitrogens with zero attached hydrogens (tertiary/aromatic N) is 2. The van der Waals surface area contributed by atoms with Crippen LogP contribution in [-0.2, 0) is 9.59 Å². The largest absolute Gasteiger partial charge is 0.336 e. The van der Waals surface area contributed by atoms with Crippen LogP contribution in [0.5, 0.6) is 0 Å². The van der Waals surface area contributed by atoms with E-state index in [0.717, 1.165) is 24.1 Å². The molecule has 8 heteroatoms. The van der Waals surface area contributed by atoms with Gasteiger partial charge in [-0.1, -0.05) is 42.5 Å². The fourth-order valence-corrected chi connectivity index (χ4v) is 5.57. The maximum absolute atomic E-state index is 12.8. The van der Waals surface area contributed by atoms with E-state index in [1.807, 2.05) is 35.7 Å². The number of benzene rings is 1. The summed E-state index contributed by atoms with van der Waals surface area (Å²) >= 11 is 1.34. The monoisotopic (exact) mass is 422 g/mol. The molecule has 2 aromatic rings. The number of allylic oxidation sites excluding steroid dienone is 2. The molecule has 1 saturated heterocycles. The van der Waals surface area contributed by atoms with Crippen molar-refractivity contribution in [1.29, 1.82) is 0 Å². The van der Waals surface area contributed by atoms with Crippen LogP contribution in [0.15, 0.2) is 47.9 Å². The van der Waals surface area contributed by atoms with Crippen molar-refractivity contribution in [2.45, 2.75) is 12.8 Å². The smallest absolute Gasteiger partial charge is 0.321 e. The van der Waals surface area contributed by atoms with Gasteiger partial charge in [0.25, 0.3) is 0 Å². The molecule has 4 amide bonds. The lowest BCUT2D eigenvalue weighted by Crippen LogP contribution is -2.40. The Hall–Kier alpha value is -3.00. The number of thiazole rings is 1. The van der Waals surface area contributed by atoms with Crippen molar-refractivity contribution in [2.75, 3.05) is 18.4 Å². The average molecular weight is 423 g/mol. The van der Waals surface area contributed by atoms with Gasteiger partial charge in [0, 0.05) is 24.0 Å². The van der Waals surface area contributed by atoms with E-state index >= 15 is 0 Å². The number of imide groups is 1. The maximum Gasteiger partial charge on any atom is 0.321 e. The van der Waals surface area contributed by atoms with Crippen LogP contribution in [0.4, 0.5) is 9.93 Å². The number of likely N-dealkylation sites (tertiary alicyclic amines) is 1. The van der Waals surface area contributed by atoms with Crippen molar-refractivity contribution in [3.63, 3.8) is 0 Å². The number of carbonyl (C=O) groups is 3. The summed E-state index contributed by atoms with van der Waals surface area (Å²) in [7, 11) is 0. The molecule has 30 heavy (non-hydrogen) atoms. The number of amides is 4. The number of carbonyl (C=O) groups excluding carboxylic acids is 3. The lowest BCUT2D eigenvalue weighted by molar-refractivity contribution is -0.140. The van der Waals surface area contributed by atoms with Crippen molar-refractivity contribution in [3.05, 3.63) is 47.9 Å². The van der Waals surface area contributed by atoms with Gasteiger partial charge in [0.1, 0.15) is 0 Å². The van der Waals surface area contributed by atoms with Crippen LogP contribution in [0.2, 0.25) is 0 Å². The molecule has 4 atom stereocenters. The molecule has 1 saturated carbocycles. The minimum atomic E-state index is -0.401. The van der Waals surface area contributed by atoms with Crippen molar-refractivity contribution >= 4 is 34.3 Å². The number of hydrogen-bond donors (Lipinski definition) is 2. The third-order valence-corrected chi connectivity index (χ3v) is 7.02. The number of nitrogens with one attached hydrogen (secondary N) is 2. The van der Waals surface area contributed by atoms with Gasteiger partial charge in [-0.25, -0.2) is 9.78 Å². The van der Waals surface area contributed by atoms with Crippen LogP contribution in [0.25, 0.3) is 11.3 Å². The van der Waals surface area contributed by atoms with Crippen LogP contribution in [-0.4, -0.2) is 40.8 Å². The summed E-state index contributed by atoms with van der Waals surface area (Å²) in [6.45, 7) is 0.410. The molecule has 4 unspecified atom stereocenters. The van der Waals surface area contributed by atoms with Gasteiger partial charge < -0.3 is 5.32 Å². The van der Waals surface area contributed by atoms with Gasteiger partial charge in [-0.3, -0.25) is 19.8 Å². The van der Waals surface area contributed by atoms with Crippen LogP contribution in [0, 0.1) is 23.7 Å². The lowest BCUT2D eigenvalue weighted by atomic mass is 9.63. The molecule has 0 radical (unpaired) electrons. The van der Waals surface area contributed by atoms with E-state index in [0.29, 0.717) is 5.13 Å². The SMILES string of the molecule is O=C(NCCN1C(=O)C2C3C=CC(CC3)C2C1=O)Nc1nc(-c2ccccc2)cs1. The van der Waals surface area contributed by atoms with E-state index in [1.54, 1.807) is 0 Å². The van der Waals surface area contributed by atoms with Crippen molar-refractivity contribution < 1.29 is 14.4 Å². The molecule has 2 bridgehead atoms. The second-order valence-electron chi connectivity index (χ2n) is 7.95. The van der Waals surface area contributed by atoms with Gasteiger partial charge in [0.2, 0.25) is 11.8 Å². The van der Waals surface area contributed by atoms with E-state index in [-0.39, 0.29) is 48.6 Å². The molecule has 6 rings (SSSR count). The molecule has 2 fully saturated rings. The fourth-order valence-electron chi connectivity index (χ4n) is 4.85. The Kier molecular flexibility index (Phi) is 4.86. The number of urea groups is 1.